The number of amides is 1. The standard InChI is InChI=1S/C22H22ClFN4O2/c1-14-12-28(15(2)11-27(14)13-16-3-6-19(24)7-4-16)21(29)8-5-17-9-18(23)10-20-22(17)26-30-25-20/h3-10,14-15H,11-13H2,1-2H3/b8-5+/t14-,15+/m0/s1. The van der Waals surface area contributed by atoms with Crippen molar-refractivity contribution in [2.75, 3.05) is 13.1 Å². The molecule has 3 aromatic rings. The summed E-state index contributed by atoms with van der Waals surface area (Å²) in [6.45, 7) is 6.22. The van der Waals surface area contributed by atoms with Crippen molar-refractivity contribution in [3.63, 3.8) is 0 Å². The lowest BCUT2D eigenvalue weighted by Crippen LogP contribution is -2.57. The quantitative estimate of drug-likeness (QED) is 0.584. The Labute approximate surface area is 178 Å². The summed E-state index contributed by atoms with van der Waals surface area (Å²) in [5, 5.41) is 8.18. The highest BCUT2D eigenvalue weighted by atomic mass is 35.5. The number of fused-ring (bicyclic) bond motifs is 1. The number of nitrogens with zero attached hydrogens (tertiary/aromatic N) is 4. The van der Waals surface area contributed by atoms with Crippen LogP contribution >= 0.6 is 11.6 Å². The number of carbonyl (C=O) groups is 1. The first-order valence-electron chi connectivity index (χ1n) is 9.79. The van der Waals surface area contributed by atoms with Gasteiger partial charge >= 0.3 is 0 Å². The van der Waals surface area contributed by atoms with Gasteiger partial charge in [-0.15, -0.1) is 0 Å². The van der Waals surface area contributed by atoms with E-state index in [0.29, 0.717) is 28.2 Å². The predicted octanol–water partition coefficient (Wildman–Crippen LogP) is 4.15. The zero-order valence-electron chi connectivity index (χ0n) is 16.8. The monoisotopic (exact) mass is 428 g/mol. The molecule has 2 atom stereocenters. The zero-order valence-corrected chi connectivity index (χ0v) is 17.5. The van der Waals surface area contributed by atoms with Crippen LogP contribution in [0, 0.1) is 5.82 Å². The molecule has 1 fully saturated rings. The maximum absolute atomic E-state index is 13.1. The Hall–Kier alpha value is -2.77. The largest absolute Gasteiger partial charge is 0.334 e. The van der Waals surface area contributed by atoms with Gasteiger partial charge in [-0.05, 0) is 60.1 Å². The third-order valence-corrected chi connectivity index (χ3v) is 5.68. The second-order valence-electron chi connectivity index (χ2n) is 7.70. The average Bonchev–Trinajstić information content (AvgIpc) is 3.18. The molecule has 1 aliphatic rings. The van der Waals surface area contributed by atoms with Gasteiger partial charge in [0.15, 0.2) is 0 Å². The van der Waals surface area contributed by atoms with Crippen molar-refractivity contribution in [2.45, 2.75) is 32.5 Å². The summed E-state index contributed by atoms with van der Waals surface area (Å²) in [6.07, 6.45) is 3.24. The third kappa shape index (κ3) is 4.37. The molecule has 1 aromatic heterocycles. The van der Waals surface area contributed by atoms with Crippen LogP contribution in [0.25, 0.3) is 17.1 Å². The van der Waals surface area contributed by atoms with E-state index in [1.807, 2.05) is 11.8 Å². The van der Waals surface area contributed by atoms with Crippen molar-refractivity contribution in [1.29, 1.82) is 0 Å². The maximum atomic E-state index is 13.1. The summed E-state index contributed by atoms with van der Waals surface area (Å²) in [5.74, 6) is -0.305. The van der Waals surface area contributed by atoms with Gasteiger partial charge < -0.3 is 4.90 Å². The van der Waals surface area contributed by atoms with E-state index in [1.54, 1.807) is 36.4 Å². The van der Waals surface area contributed by atoms with Crippen LogP contribution in [0.1, 0.15) is 25.0 Å². The summed E-state index contributed by atoms with van der Waals surface area (Å²) in [5.41, 5.74) is 2.85. The highest BCUT2D eigenvalue weighted by Crippen LogP contribution is 2.23. The Morgan fingerprint density at radius 2 is 1.97 bits per heavy atom. The Balaban J connectivity index is 1.44. The van der Waals surface area contributed by atoms with Gasteiger partial charge in [0.05, 0.1) is 0 Å². The van der Waals surface area contributed by atoms with Crippen LogP contribution in [0.4, 0.5) is 4.39 Å². The lowest BCUT2D eigenvalue weighted by atomic mass is 10.1. The molecule has 2 heterocycles. The van der Waals surface area contributed by atoms with Crippen molar-refractivity contribution in [3.8, 4) is 0 Å². The van der Waals surface area contributed by atoms with E-state index < -0.39 is 0 Å². The van der Waals surface area contributed by atoms with Crippen molar-refractivity contribution in [2.24, 2.45) is 0 Å². The second-order valence-corrected chi connectivity index (χ2v) is 8.14. The van der Waals surface area contributed by atoms with Gasteiger partial charge in [0.1, 0.15) is 16.9 Å². The summed E-state index contributed by atoms with van der Waals surface area (Å²) < 4.78 is 17.9. The summed E-state index contributed by atoms with van der Waals surface area (Å²) in [6, 6.07) is 10.2. The van der Waals surface area contributed by atoms with Gasteiger partial charge in [-0.2, -0.15) is 0 Å². The van der Waals surface area contributed by atoms with E-state index in [2.05, 4.69) is 22.1 Å². The minimum absolute atomic E-state index is 0.0481. The van der Waals surface area contributed by atoms with Crippen LogP contribution in [0.15, 0.2) is 47.1 Å². The average molecular weight is 429 g/mol. The molecular weight excluding hydrogens is 407 g/mol. The van der Waals surface area contributed by atoms with Crippen LogP contribution in [0.3, 0.4) is 0 Å². The number of hydrogen-bond acceptors (Lipinski definition) is 5. The number of carbonyl (C=O) groups excluding carboxylic acids is 1. The normalized spacial score (nSPS) is 20.3. The molecule has 0 radical (unpaired) electrons. The minimum Gasteiger partial charge on any atom is -0.334 e. The molecule has 0 N–H and O–H groups in total. The first kappa shape index (κ1) is 20.5. The maximum Gasteiger partial charge on any atom is 0.246 e. The molecule has 0 aliphatic carbocycles. The Bertz CT molecular complexity index is 1080. The highest BCUT2D eigenvalue weighted by Gasteiger charge is 2.31. The highest BCUT2D eigenvalue weighted by molar-refractivity contribution is 6.31. The third-order valence-electron chi connectivity index (χ3n) is 5.46. The number of piperazine rings is 1. The van der Waals surface area contributed by atoms with Gasteiger partial charge in [-0.3, -0.25) is 9.69 Å². The molecule has 156 valence electrons. The Kier molecular flexibility index (Phi) is 5.83. The summed E-state index contributed by atoms with van der Waals surface area (Å²) in [7, 11) is 0. The van der Waals surface area contributed by atoms with Crippen LogP contribution < -0.4 is 0 Å². The molecule has 8 heteroatoms. The number of hydrogen-bond donors (Lipinski definition) is 0. The topological polar surface area (TPSA) is 62.5 Å². The van der Waals surface area contributed by atoms with Gasteiger partial charge in [0, 0.05) is 48.4 Å². The van der Waals surface area contributed by atoms with E-state index in [0.717, 1.165) is 18.7 Å². The lowest BCUT2D eigenvalue weighted by molar-refractivity contribution is -0.131. The minimum atomic E-state index is -0.235. The Morgan fingerprint density at radius 3 is 2.73 bits per heavy atom. The smallest absolute Gasteiger partial charge is 0.246 e. The van der Waals surface area contributed by atoms with E-state index in [1.165, 1.54) is 12.1 Å². The SMILES string of the molecule is C[C@@H]1CN(Cc2ccc(F)cc2)[C@@H](C)CN1C(=O)/C=C/c1cc(Cl)cc2nonc12. The van der Waals surface area contributed by atoms with Crippen LogP contribution in [-0.2, 0) is 11.3 Å². The summed E-state index contributed by atoms with van der Waals surface area (Å²) >= 11 is 6.11. The number of benzene rings is 2. The number of aromatic nitrogens is 2. The van der Waals surface area contributed by atoms with Crippen LogP contribution in [0.2, 0.25) is 5.02 Å². The predicted molar refractivity (Wildman–Crippen MR) is 113 cm³/mol. The molecule has 0 bridgehead atoms. The molecule has 0 unspecified atom stereocenters. The number of halogens is 2. The summed E-state index contributed by atoms with van der Waals surface area (Å²) in [4.78, 5) is 17.1. The zero-order chi connectivity index (χ0) is 21.3. The van der Waals surface area contributed by atoms with E-state index >= 15 is 0 Å². The molecule has 1 saturated heterocycles. The first-order chi connectivity index (χ1) is 14.4. The lowest BCUT2D eigenvalue weighted by Gasteiger charge is -2.43. The van der Waals surface area contributed by atoms with Crippen molar-refractivity contribution < 1.29 is 13.8 Å². The molecule has 30 heavy (non-hydrogen) atoms. The molecule has 6 nitrogen and oxygen atoms in total. The van der Waals surface area contributed by atoms with Crippen molar-refractivity contribution in [3.05, 3.63) is 64.4 Å². The fourth-order valence-electron chi connectivity index (χ4n) is 3.81. The molecule has 4 rings (SSSR count). The van der Waals surface area contributed by atoms with Gasteiger partial charge in [-0.1, -0.05) is 23.7 Å². The van der Waals surface area contributed by atoms with E-state index in [-0.39, 0.29) is 23.8 Å². The van der Waals surface area contributed by atoms with Crippen molar-refractivity contribution >= 4 is 34.6 Å². The second kappa shape index (κ2) is 8.53. The molecular formula is C22H22ClFN4O2. The Morgan fingerprint density at radius 1 is 1.20 bits per heavy atom. The number of rotatable bonds is 4. The molecule has 0 saturated carbocycles. The van der Waals surface area contributed by atoms with E-state index in [4.69, 9.17) is 16.2 Å². The van der Waals surface area contributed by atoms with Gasteiger partial charge in [0.25, 0.3) is 0 Å². The van der Waals surface area contributed by atoms with Crippen LogP contribution in [0.5, 0.6) is 0 Å². The molecule has 1 aliphatic heterocycles. The fraction of sp³-hybridized carbons (Fsp3) is 0.318. The van der Waals surface area contributed by atoms with E-state index in [9.17, 15) is 9.18 Å². The molecule has 1 amide bonds. The van der Waals surface area contributed by atoms with Crippen LogP contribution in [-0.4, -0.2) is 51.2 Å². The first-order valence-corrected chi connectivity index (χ1v) is 10.2. The van der Waals surface area contributed by atoms with Crippen molar-refractivity contribution in [1.82, 2.24) is 20.1 Å². The fourth-order valence-corrected chi connectivity index (χ4v) is 4.03. The molecule has 0 spiro atoms. The molecule has 2 aromatic carbocycles. The van der Waals surface area contributed by atoms with Gasteiger partial charge in [0.2, 0.25) is 5.91 Å². The van der Waals surface area contributed by atoms with Gasteiger partial charge in [-0.25, -0.2) is 9.02 Å².